The van der Waals surface area contributed by atoms with Crippen molar-refractivity contribution >= 4 is 17.9 Å². The lowest BCUT2D eigenvalue weighted by Gasteiger charge is -2.25. The average Bonchev–Trinajstić information content (AvgIpc) is 2.70. The molecule has 0 radical (unpaired) electrons. The minimum Gasteiger partial charge on any atom is -0.497 e. The largest absolute Gasteiger partial charge is 0.497 e. The molecular weight excluding hydrogens is 359 g/mol. The van der Waals surface area contributed by atoms with Crippen molar-refractivity contribution in [1.29, 1.82) is 0 Å². The lowest BCUT2D eigenvalue weighted by molar-refractivity contribution is -0.135. The zero-order chi connectivity index (χ0) is 20.5. The first-order valence-corrected chi connectivity index (χ1v) is 9.08. The van der Waals surface area contributed by atoms with Crippen LogP contribution < -0.4 is 10.1 Å². The van der Waals surface area contributed by atoms with Crippen LogP contribution in [0.1, 0.15) is 25.0 Å². The Balaban J connectivity index is 1.93. The van der Waals surface area contributed by atoms with Crippen LogP contribution >= 0.6 is 0 Å². The maximum absolute atomic E-state index is 13.3. The van der Waals surface area contributed by atoms with Crippen LogP contribution in [0.3, 0.4) is 0 Å². The monoisotopic (exact) mass is 384 g/mol. The predicted molar refractivity (Wildman–Crippen MR) is 107 cm³/mol. The number of amides is 2. The fourth-order valence-corrected chi connectivity index (χ4v) is 2.69. The molecule has 0 fully saturated rings. The van der Waals surface area contributed by atoms with Crippen molar-refractivity contribution < 1.29 is 18.7 Å². The van der Waals surface area contributed by atoms with Crippen molar-refractivity contribution in [2.45, 2.75) is 26.4 Å². The molecule has 1 N–H and O–H groups in total. The zero-order valence-corrected chi connectivity index (χ0v) is 16.3. The number of benzene rings is 2. The van der Waals surface area contributed by atoms with Gasteiger partial charge in [0.1, 0.15) is 17.6 Å². The summed E-state index contributed by atoms with van der Waals surface area (Å²) >= 11 is 0. The van der Waals surface area contributed by atoms with Crippen molar-refractivity contribution in [1.82, 2.24) is 10.2 Å². The number of nitrogens with zero attached hydrogens (tertiary/aromatic N) is 1. The van der Waals surface area contributed by atoms with Crippen LogP contribution in [0.25, 0.3) is 6.08 Å². The van der Waals surface area contributed by atoms with Gasteiger partial charge in [0.2, 0.25) is 11.8 Å². The molecule has 2 rings (SSSR count). The molecular formula is C22H25FN2O3. The van der Waals surface area contributed by atoms with Gasteiger partial charge in [-0.3, -0.25) is 9.59 Å². The lowest BCUT2D eigenvalue weighted by Crippen LogP contribution is -2.46. The molecule has 0 saturated carbocycles. The fraction of sp³-hybridized carbons (Fsp3) is 0.273. The van der Waals surface area contributed by atoms with E-state index in [0.29, 0.717) is 12.1 Å². The Morgan fingerprint density at radius 1 is 1.21 bits per heavy atom. The Morgan fingerprint density at radius 3 is 2.54 bits per heavy atom. The van der Waals surface area contributed by atoms with E-state index in [9.17, 15) is 14.0 Å². The summed E-state index contributed by atoms with van der Waals surface area (Å²) < 4.78 is 18.4. The maximum atomic E-state index is 13.3. The fourth-order valence-electron chi connectivity index (χ4n) is 2.69. The van der Waals surface area contributed by atoms with Gasteiger partial charge >= 0.3 is 0 Å². The minimum absolute atomic E-state index is 0.224. The quantitative estimate of drug-likeness (QED) is 0.710. The number of likely N-dealkylation sites (N-methyl/N-ethyl adjacent to an activating group) is 1. The summed E-state index contributed by atoms with van der Waals surface area (Å²) in [6.45, 7) is 4.22. The Kier molecular flexibility index (Phi) is 7.75. The highest BCUT2D eigenvalue weighted by atomic mass is 19.1. The molecule has 2 amide bonds. The molecule has 0 saturated heterocycles. The van der Waals surface area contributed by atoms with Crippen molar-refractivity contribution in [2.75, 3.05) is 13.7 Å². The molecule has 5 nitrogen and oxygen atoms in total. The van der Waals surface area contributed by atoms with E-state index in [2.05, 4.69) is 5.32 Å². The molecule has 28 heavy (non-hydrogen) atoms. The highest BCUT2D eigenvalue weighted by Gasteiger charge is 2.20. The second-order valence-electron chi connectivity index (χ2n) is 6.32. The van der Waals surface area contributed by atoms with E-state index in [1.807, 2.05) is 19.1 Å². The van der Waals surface area contributed by atoms with Gasteiger partial charge in [-0.25, -0.2) is 4.39 Å². The summed E-state index contributed by atoms with van der Waals surface area (Å²) in [6.07, 6.45) is 3.05. The van der Waals surface area contributed by atoms with Gasteiger partial charge < -0.3 is 15.0 Å². The molecule has 0 bridgehead atoms. The van der Waals surface area contributed by atoms with Gasteiger partial charge in [-0.1, -0.05) is 24.3 Å². The van der Waals surface area contributed by atoms with Crippen molar-refractivity contribution in [3.63, 3.8) is 0 Å². The van der Waals surface area contributed by atoms with Gasteiger partial charge in [0.25, 0.3) is 0 Å². The molecule has 0 aromatic heterocycles. The van der Waals surface area contributed by atoms with Crippen LogP contribution in [0.2, 0.25) is 0 Å². The first-order chi connectivity index (χ1) is 13.4. The van der Waals surface area contributed by atoms with Gasteiger partial charge in [0.05, 0.1) is 7.11 Å². The SMILES string of the molecule is CCN(Cc1cccc(F)c1)C(=O)C(C)NC(=O)/C=C/c1ccc(OC)cc1. The van der Waals surface area contributed by atoms with Gasteiger partial charge in [0, 0.05) is 19.2 Å². The molecule has 1 unspecified atom stereocenters. The van der Waals surface area contributed by atoms with Gasteiger partial charge in [-0.05, 0) is 55.3 Å². The zero-order valence-electron chi connectivity index (χ0n) is 16.3. The molecule has 0 aliphatic heterocycles. The van der Waals surface area contributed by atoms with Crippen molar-refractivity contribution in [3.05, 3.63) is 71.6 Å². The molecule has 0 spiro atoms. The first-order valence-electron chi connectivity index (χ1n) is 9.08. The van der Waals surface area contributed by atoms with E-state index in [1.54, 1.807) is 49.3 Å². The number of halogens is 1. The number of methoxy groups -OCH3 is 1. The second-order valence-corrected chi connectivity index (χ2v) is 6.32. The van der Waals surface area contributed by atoms with Gasteiger partial charge in [-0.2, -0.15) is 0 Å². The smallest absolute Gasteiger partial charge is 0.245 e. The van der Waals surface area contributed by atoms with Crippen molar-refractivity contribution in [2.24, 2.45) is 0 Å². The van der Waals surface area contributed by atoms with Crippen molar-refractivity contribution in [3.8, 4) is 5.75 Å². The molecule has 2 aromatic carbocycles. The third kappa shape index (κ3) is 6.23. The van der Waals surface area contributed by atoms with Crippen LogP contribution in [-0.4, -0.2) is 36.4 Å². The number of hydrogen-bond donors (Lipinski definition) is 1. The van der Waals surface area contributed by atoms with E-state index >= 15 is 0 Å². The molecule has 0 aliphatic rings. The van der Waals surface area contributed by atoms with Gasteiger partial charge in [0.15, 0.2) is 0 Å². The highest BCUT2D eigenvalue weighted by molar-refractivity contribution is 5.95. The summed E-state index contributed by atoms with van der Waals surface area (Å²) in [5.41, 5.74) is 1.55. The third-order valence-corrected chi connectivity index (χ3v) is 4.23. The number of carbonyl (C=O) groups excluding carboxylic acids is 2. The summed E-state index contributed by atoms with van der Waals surface area (Å²) in [6, 6.07) is 12.7. The minimum atomic E-state index is -0.693. The Morgan fingerprint density at radius 2 is 1.93 bits per heavy atom. The first kappa shape index (κ1) is 21.2. The summed E-state index contributed by atoms with van der Waals surface area (Å²) in [5.74, 6) is -0.193. The van der Waals surface area contributed by atoms with Gasteiger partial charge in [-0.15, -0.1) is 0 Å². The predicted octanol–water partition coefficient (Wildman–Crippen LogP) is 3.40. The molecule has 6 heteroatoms. The summed E-state index contributed by atoms with van der Waals surface area (Å²) in [7, 11) is 1.59. The lowest BCUT2D eigenvalue weighted by atomic mass is 10.2. The van der Waals surface area contributed by atoms with E-state index < -0.39 is 6.04 Å². The van der Waals surface area contributed by atoms with Crippen LogP contribution in [0, 0.1) is 5.82 Å². The summed E-state index contributed by atoms with van der Waals surface area (Å²) in [4.78, 5) is 26.3. The van der Waals surface area contributed by atoms with Crippen LogP contribution in [0.4, 0.5) is 4.39 Å². The Hall–Kier alpha value is -3.15. The van der Waals surface area contributed by atoms with E-state index in [4.69, 9.17) is 4.74 Å². The summed E-state index contributed by atoms with van der Waals surface area (Å²) in [5, 5.41) is 2.67. The third-order valence-electron chi connectivity index (χ3n) is 4.23. The molecule has 2 aromatic rings. The standard InChI is InChI=1S/C22H25FN2O3/c1-4-25(15-18-6-5-7-19(23)14-18)22(27)16(2)24-21(26)13-10-17-8-11-20(28-3)12-9-17/h5-14,16H,4,15H2,1-3H3,(H,24,26)/b13-10+. The number of carbonyl (C=O) groups is 2. The number of nitrogens with one attached hydrogen (secondary N) is 1. The number of rotatable bonds is 8. The average molecular weight is 384 g/mol. The number of ether oxygens (including phenoxy) is 1. The van der Waals surface area contributed by atoms with Crippen LogP contribution in [0.5, 0.6) is 5.75 Å². The molecule has 148 valence electrons. The van der Waals surface area contributed by atoms with Crippen LogP contribution in [-0.2, 0) is 16.1 Å². The molecule has 0 aliphatic carbocycles. The molecule has 0 heterocycles. The molecule has 1 atom stereocenters. The topological polar surface area (TPSA) is 58.6 Å². The Labute approximate surface area is 164 Å². The van der Waals surface area contributed by atoms with Crippen LogP contribution in [0.15, 0.2) is 54.6 Å². The van der Waals surface area contributed by atoms with E-state index in [-0.39, 0.29) is 24.2 Å². The number of hydrogen-bond acceptors (Lipinski definition) is 3. The van der Waals surface area contributed by atoms with E-state index in [1.165, 1.54) is 18.2 Å². The Bertz CT molecular complexity index is 834. The normalized spacial score (nSPS) is 11.9. The second kappa shape index (κ2) is 10.3. The highest BCUT2D eigenvalue weighted by Crippen LogP contribution is 2.12. The maximum Gasteiger partial charge on any atom is 0.245 e. The van der Waals surface area contributed by atoms with E-state index in [0.717, 1.165) is 11.3 Å².